The molecule has 2 aromatic carbocycles. The summed E-state index contributed by atoms with van der Waals surface area (Å²) in [5, 5.41) is 0.717. The predicted octanol–water partition coefficient (Wildman–Crippen LogP) is 4.57. The van der Waals surface area contributed by atoms with Crippen LogP contribution in [0.3, 0.4) is 0 Å². The highest BCUT2D eigenvalue weighted by molar-refractivity contribution is 8.13. The molecule has 5 heteroatoms. The Bertz CT molecular complexity index is 906. The van der Waals surface area contributed by atoms with Crippen molar-refractivity contribution < 1.29 is 9.18 Å². The van der Waals surface area contributed by atoms with Crippen LogP contribution < -0.4 is 0 Å². The zero-order chi connectivity index (χ0) is 18.6. The maximum Gasteiger partial charge on any atom is 0.238 e. The minimum Gasteiger partial charge on any atom is -0.286 e. The number of carbonyl (C=O) groups is 1. The van der Waals surface area contributed by atoms with Crippen molar-refractivity contribution in [1.29, 1.82) is 0 Å². The third-order valence-electron chi connectivity index (χ3n) is 4.61. The quantitative estimate of drug-likeness (QED) is 0.781. The molecule has 1 aliphatic heterocycles. The number of fused-ring (bicyclic) bond motifs is 1. The fraction of sp³-hybridized carbons (Fsp3) is 0.182. The van der Waals surface area contributed by atoms with Crippen LogP contribution in [-0.4, -0.2) is 22.0 Å². The Morgan fingerprint density at radius 3 is 2.48 bits per heavy atom. The van der Waals surface area contributed by atoms with Crippen molar-refractivity contribution in [3.05, 3.63) is 95.8 Å². The molecule has 0 saturated carbocycles. The fourth-order valence-corrected chi connectivity index (χ4v) is 4.17. The number of aliphatic imine (C=N–C) groups is 1. The Balaban J connectivity index is 1.58. The van der Waals surface area contributed by atoms with Gasteiger partial charge in [-0.15, -0.1) is 0 Å². The summed E-state index contributed by atoms with van der Waals surface area (Å²) in [6.45, 7) is 0.496. The lowest BCUT2D eigenvalue weighted by Crippen LogP contribution is -2.46. The number of hydrogen-bond acceptors (Lipinski definition) is 3. The third-order valence-corrected chi connectivity index (χ3v) is 5.67. The highest BCUT2D eigenvalue weighted by atomic mass is 32.2. The number of carbonyl (C=O) groups excluding carboxylic acids is 1. The van der Waals surface area contributed by atoms with Gasteiger partial charge >= 0.3 is 0 Å². The number of thioether (sulfide) groups is 1. The van der Waals surface area contributed by atoms with Crippen LogP contribution in [-0.2, 0) is 17.1 Å². The van der Waals surface area contributed by atoms with E-state index in [1.807, 2.05) is 54.6 Å². The molecule has 2 aliphatic rings. The molecule has 2 atom stereocenters. The Labute approximate surface area is 162 Å². The van der Waals surface area contributed by atoms with Gasteiger partial charge in [0.2, 0.25) is 5.91 Å². The van der Waals surface area contributed by atoms with Crippen LogP contribution in [0.25, 0.3) is 0 Å². The summed E-state index contributed by atoms with van der Waals surface area (Å²) >= 11 is 1.52. The molecule has 27 heavy (non-hydrogen) atoms. The Hall–Kier alpha value is -2.66. The molecule has 0 spiro atoms. The second-order valence-corrected chi connectivity index (χ2v) is 7.47. The van der Waals surface area contributed by atoms with Crippen LogP contribution in [0.5, 0.6) is 0 Å². The molecule has 0 aromatic heterocycles. The maximum atomic E-state index is 13.1. The van der Waals surface area contributed by atoms with E-state index < -0.39 is 0 Å². The monoisotopic (exact) mass is 378 g/mol. The summed E-state index contributed by atoms with van der Waals surface area (Å²) in [6, 6.07) is 16.2. The first kappa shape index (κ1) is 17.7. The Morgan fingerprint density at radius 2 is 1.70 bits per heavy atom. The molecular weight excluding hydrogens is 359 g/mol. The van der Waals surface area contributed by atoms with Crippen molar-refractivity contribution in [2.75, 3.05) is 0 Å². The smallest absolute Gasteiger partial charge is 0.238 e. The second kappa shape index (κ2) is 7.92. The lowest BCUT2D eigenvalue weighted by atomic mass is 9.93. The average molecular weight is 378 g/mol. The summed E-state index contributed by atoms with van der Waals surface area (Å²) in [4.78, 5) is 19.7. The number of hydrogen-bond donors (Lipinski definition) is 0. The van der Waals surface area contributed by atoms with Crippen molar-refractivity contribution >= 4 is 22.8 Å². The van der Waals surface area contributed by atoms with Gasteiger partial charge in [-0.1, -0.05) is 78.5 Å². The molecule has 1 heterocycles. The van der Waals surface area contributed by atoms with Gasteiger partial charge in [0, 0.05) is 5.75 Å². The van der Waals surface area contributed by atoms with Crippen LogP contribution >= 0.6 is 11.8 Å². The molecular formula is C22H19FN2OS. The summed E-state index contributed by atoms with van der Waals surface area (Å²) in [5.41, 5.74) is 2.06. The van der Waals surface area contributed by atoms with Gasteiger partial charge in [0.25, 0.3) is 0 Å². The first-order valence-electron chi connectivity index (χ1n) is 8.86. The van der Waals surface area contributed by atoms with E-state index in [4.69, 9.17) is 4.99 Å². The maximum absolute atomic E-state index is 13.1. The van der Waals surface area contributed by atoms with Crippen LogP contribution in [0.4, 0.5) is 4.39 Å². The van der Waals surface area contributed by atoms with Gasteiger partial charge in [0.1, 0.15) is 5.82 Å². The summed E-state index contributed by atoms with van der Waals surface area (Å²) in [5.74, 6) is 0.214. The van der Waals surface area contributed by atoms with Crippen molar-refractivity contribution in [2.45, 2.75) is 18.3 Å². The summed E-state index contributed by atoms with van der Waals surface area (Å²) < 4.78 is 13.1. The first-order valence-corrected chi connectivity index (χ1v) is 9.84. The predicted molar refractivity (Wildman–Crippen MR) is 108 cm³/mol. The molecule has 1 amide bonds. The summed E-state index contributed by atoms with van der Waals surface area (Å²) in [7, 11) is 0. The SMILES string of the molecule is O=C1[C@@H]2C=CC=C[C@H]2N=C(SCc2ccc(F)cc2)N1Cc1ccccc1. The van der Waals surface area contributed by atoms with E-state index in [1.54, 1.807) is 17.0 Å². The van der Waals surface area contributed by atoms with Gasteiger partial charge < -0.3 is 0 Å². The molecule has 0 unspecified atom stereocenters. The minimum atomic E-state index is -0.249. The number of benzene rings is 2. The standard InChI is InChI=1S/C22H19FN2OS/c23-18-12-10-17(11-13-18)15-27-22-24-20-9-5-4-8-19(20)21(26)25(22)14-16-6-2-1-3-7-16/h1-13,19-20H,14-15H2/t19-,20-/m1/s1. The highest BCUT2D eigenvalue weighted by Gasteiger charge is 2.36. The number of amidine groups is 1. The van der Waals surface area contributed by atoms with Crippen molar-refractivity contribution in [2.24, 2.45) is 10.9 Å². The first-order chi connectivity index (χ1) is 13.2. The molecule has 0 saturated heterocycles. The van der Waals surface area contributed by atoms with Crippen LogP contribution in [0.2, 0.25) is 0 Å². The zero-order valence-electron chi connectivity index (χ0n) is 14.7. The summed E-state index contributed by atoms with van der Waals surface area (Å²) in [6.07, 6.45) is 7.75. The van der Waals surface area contributed by atoms with Crippen molar-refractivity contribution in [1.82, 2.24) is 4.90 Å². The minimum absolute atomic E-state index is 0.0704. The zero-order valence-corrected chi connectivity index (χ0v) is 15.5. The second-order valence-electron chi connectivity index (χ2n) is 6.52. The topological polar surface area (TPSA) is 32.7 Å². The van der Waals surface area contributed by atoms with E-state index in [-0.39, 0.29) is 23.7 Å². The number of rotatable bonds is 4. The molecule has 3 nitrogen and oxygen atoms in total. The van der Waals surface area contributed by atoms with Gasteiger partial charge in [-0.25, -0.2) is 4.39 Å². The number of allylic oxidation sites excluding steroid dienone is 2. The molecule has 4 rings (SSSR count). The van der Waals surface area contributed by atoms with Gasteiger partial charge in [-0.3, -0.25) is 14.7 Å². The molecule has 1 aliphatic carbocycles. The molecule has 0 bridgehead atoms. The third kappa shape index (κ3) is 4.03. The molecule has 0 fully saturated rings. The largest absolute Gasteiger partial charge is 0.286 e. The Kier molecular flexibility index (Phi) is 5.21. The van der Waals surface area contributed by atoms with Crippen LogP contribution in [0.1, 0.15) is 11.1 Å². The van der Waals surface area contributed by atoms with E-state index in [1.165, 1.54) is 23.9 Å². The van der Waals surface area contributed by atoms with Gasteiger partial charge in [0.05, 0.1) is 18.5 Å². The Morgan fingerprint density at radius 1 is 0.963 bits per heavy atom. The van der Waals surface area contributed by atoms with Crippen LogP contribution in [0.15, 0.2) is 83.9 Å². The number of amides is 1. The van der Waals surface area contributed by atoms with E-state index >= 15 is 0 Å². The van der Waals surface area contributed by atoms with Crippen molar-refractivity contribution in [3.63, 3.8) is 0 Å². The van der Waals surface area contributed by atoms with E-state index in [0.29, 0.717) is 12.3 Å². The molecule has 2 aromatic rings. The van der Waals surface area contributed by atoms with Crippen LogP contribution in [0, 0.1) is 11.7 Å². The molecule has 0 radical (unpaired) electrons. The number of halogens is 1. The fourth-order valence-electron chi connectivity index (χ4n) is 3.17. The van der Waals surface area contributed by atoms with E-state index in [0.717, 1.165) is 16.3 Å². The average Bonchev–Trinajstić information content (AvgIpc) is 2.71. The van der Waals surface area contributed by atoms with E-state index in [2.05, 4.69) is 0 Å². The highest BCUT2D eigenvalue weighted by Crippen LogP contribution is 2.30. The van der Waals surface area contributed by atoms with E-state index in [9.17, 15) is 9.18 Å². The molecule has 136 valence electrons. The van der Waals surface area contributed by atoms with Gasteiger partial charge in [-0.2, -0.15) is 0 Å². The number of nitrogens with zero attached hydrogens (tertiary/aromatic N) is 2. The van der Waals surface area contributed by atoms with Gasteiger partial charge in [0.15, 0.2) is 5.17 Å². The lowest BCUT2D eigenvalue weighted by molar-refractivity contribution is -0.131. The normalized spacial score (nSPS) is 21.1. The molecule has 0 N–H and O–H groups in total. The van der Waals surface area contributed by atoms with Crippen molar-refractivity contribution in [3.8, 4) is 0 Å². The van der Waals surface area contributed by atoms with Gasteiger partial charge in [-0.05, 0) is 23.3 Å². The lowest BCUT2D eigenvalue weighted by Gasteiger charge is -2.34.